The summed E-state index contributed by atoms with van der Waals surface area (Å²) in [4.78, 5) is 13.3. The molecular formula is C22H22O11. The second-order valence-electron chi connectivity index (χ2n) is 7.61. The van der Waals surface area contributed by atoms with E-state index in [4.69, 9.17) is 18.6 Å². The fraction of sp³-hybridized carbons (Fsp3) is 0.318. The van der Waals surface area contributed by atoms with Crippen molar-refractivity contribution in [2.45, 2.75) is 37.6 Å². The van der Waals surface area contributed by atoms with Gasteiger partial charge in [-0.25, -0.2) is 0 Å². The Morgan fingerprint density at radius 3 is 2.36 bits per heavy atom. The molecule has 0 aliphatic carbocycles. The Labute approximate surface area is 186 Å². The molecule has 0 spiro atoms. The smallest absolute Gasteiger partial charge is 0.239 e. The average Bonchev–Trinajstić information content (AvgIpc) is 2.77. The summed E-state index contributed by atoms with van der Waals surface area (Å²) in [6.07, 6.45) is -7.24. The van der Waals surface area contributed by atoms with Crippen molar-refractivity contribution in [1.29, 1.82) is 0 Å². The molecule has 2 heterocycles. The van der Waals surface area contributed by atoms with Crippen molar-refractivity contribution in [2.24, 2.45) is 0 Å². The van der Waals surface area contributed by atoms with E-state index in [1.807, 2.05) is 0 Å². The molecule has 11 nitrogen and oxygen atoms in total. The number of phenolic OH excluding ortho intramolecular Hbond substituents is 3. The van der Waals surface area contributed by atoms with Crippen LogP contribution in [0.25, 0.3) is 22.3 Å². The van der Waals surface area contributed by atoms with Crippen molar-refractivity contribution >= 4 is 11.0 Å². The molecule has 176 valence electrons. The highest BCUT2D eigenvalue weighted by molar-refractivity contribution is 5.88. The molecule has 3 aromatic rings. The zero-order valence-corrected chi connectivity index (χ0v) is 17.5. The van der Waals surface area contributed by atoms with Gasteiger partial charge < -0.3 is 49.3 Å². The number of benzene rings is 2. The molecule has 5 atom stereocenters. The molecule has 1 saturated heterocycles. The van der Waals surface area contributed by atoms with Crippen LogP contribution in [0.3, 0.4) is 0 Å². The fourth-order valence-electron chi connectivity index (χ4n) is 3.61. The molecule has 1 aliphatic rings. The van der Waals surface area contributed by atoms with Crippen LogP contribution in [-0.2, 0) is 4.74 Å². The van der Waals surface area contributed by atoms with Crippen LogP contribution in [-0.4, -0.2) is 68.5 Å². The lowest BCUT2D eigenvalue weighted by Crippen LogP contribution is -2.58. The number of aliphatic hydroxyl groups excluding tert-OH is 3. The van der Waals surface area contributed by atoms with Crippen molar-refractivity contribution in [3.05, 3.63) is 40.6 Å². The van der Waals surface area contributed by atoms with Gasteiger partial charge in [-0.15, -0.1) is 0 Å². The van der Waals surface area contributed by atoms with E-state index in [9.17, 15) is 35.4 Å². The number of phenols is 3. The van der Waals surface area contributed by atoms with E-state index in [1.165, 1.54) is 32.2 Å². The summed E-state index contributed by atoms with van der Waals surface area (Å²) >= 11 is 0. The summed E-state index contributed by atoms with van der Waals surface area (Å²) in [6, 6.07) is 6.11. The van der Waals surface area contributed by atoms with Gasteiger partial charge in [0.1, 0.15) is 40.8 Å². The molecule has 6 N–H and O–H groups in total. The van der Waals surface area contributed by atoms with Crippen molar-refractivity contribution in [3.8, 4) is 40.1 Å². The monoisotopic (exact) mass is 462 g/mol. The molecule has 0 radical (unpaired) electrons. The molecule has 33 heavy (non-hydrogen) atoms. The van der Waals surface area contributed by atoms with Crippen LogP contribution in [0, 0.1) is 0 Å². The first kappa shape index (κ1) is 22.7. The van der Waals surface area contributed by atoms with Gasteiger partial charge in [0, 0.05) is 17.7 Å². The number of ether oxygens (including phenoxy) is 3. The summed E-state index contributed by atoms with van der Waals surface area (Å²) in [7, 11) is 1.32. The fourth-order valence-corrected chi connectivity index (χ4v) is 3.61. The van der Waals surface area contributed by atoms with E-state index in [0.29, 0.717) is 0 Å². The summed E-state index contributed by atoms with van der Waals surface area (Å²) in [5, 5.41) is 60.0. The summed E-state index contributed by atoms with van der Waals surface area (Å²) in [5.41, 5.74) is -0.818. The Balaban J connectivity index is 1.93. The van der Waals surface area contributed by atoms with E-state index < -0.39 is 47.6 Å². The third kappa shape index (κ3) is 3.91. The minimum Gasteiger partial charge on any atom is -0.508 e. The van der Waals surface area contributed by atoms with Crippen molar-refractivity contribution in [2.75, 3.05) is 7.11 Å². The van der Waals surface area contributed by atoms with Crippen LogP contribution in [0.4, 0.5) is 0 Å². The Bertz CT molecular complexity index is 1250. The van der Waals surface area contributed by atoms with Gasteiger partial charge in [-0.05, 0) is 25.1 Å². The maximum absolute atomic E-state index is 13.3. The number of rotatable bonds is 4. The molecule has 1 aliphatic heterocycles. The Kier molecular flexibility index (Phi) is 5.80. The zero-order chi connectivity index (χ0) is 24.0. The predicted octanol–water partition coefficient (Wildman–Crippen LogP) is 0.792. The van der Waals surface area contributed by atoms with Gasteiger partial charge in [-0.3, -0.25) is 4.79 Å². The van der Waals surface area contributed by atoms with Crippen LogP contribution in [0.2, 0.25) is 0 Å². The highest BCUT2D eigenvalue weighted by Crippen LogP contribution is 2.39. The van der Waals surface area contributed by atoms with Crippen LogP contribution < -0.4 is 14.9 Å². The molecular weight excluding hydrogens is 440 g/mol. The lowest BCUT2D eigenvalue weighted by molar-refractivity contribution is -0.268. The second kappa shape index (κ2) is 8.45. The van der Waals surface area contributed by atoms with E-state index in [-0.39, 0.29) is 39.5 Å². The van der Waals surface area contributed by atoms with Crippen molar-refractivity contribution in [3.63, 3.8) is 0 Å². The molecule has 1 aromatic heterocycles. The Morgan fingerprint density at radius 1 is 0.939 bits per heavy atom. The lowest BCUT2D eigenvalue weighted by Gasteiger charge is -2.38. The standard InChI is InChI=1S/C22H22O11/c1-8-16(26)18(28)19(29)22(31-8)33-21-17(27)15-12(25)6-10(23)7-14(15)32-20(21)9-3-4-11(24)13(5-9)30-2/h3-8,16,18-19,22-26,28-29H,1-2H3/t8-,16+,18+,19+,22+/m1/s1. The predicted molar refractivity (Wildman–Crippen MR) is 112 cm³/mol. The van der Waals surface area contributed by atoms with E-state index in [1.54, 1.807) is 0 Å². The maximum Gasteiger partial charge on any atom is 0.239 e. The SMILES string of the molecule is COc1cc(-c2oc3cc(O)cc(O)c3c(=O)c2O[C@@H]2O[C@H](C)[C@H](O)[C@H](O)[C@@H]2O)ccc1O. The minimum absolute atomic E-state index is 0.0565. The number of aromatic hydroxyl groups is 3. The molecule has 4 rings (SSSR count). The molecule has 0 unspecified atom stereocenters. The number of fused-ring (bicyclic) bond motifs is 1. The second-order valence-corrected chi connectivity index (χ2v) is 7.61. The molecule has 11 heteroatoms. The van der Waals surface area contributed by atoms with Gasteiger partial charge >= 0.3 is 0 Å². The lowest BCUT2D eigenvalue weighted by atomic mass is 10.00. The van der Waals surface area contributed by atoms with Crippen molar-refractivity contribution in [1.82, 2.24) is 0 Å². The van der Waals surface area contributed by atoms with Gasteiger partial charge in [0.25, 0.3) is 0 Å². The third-order valence-electron chi connectivity index (χ3n) is 5.40. The summed E-state index contributed by atoms with van der Waals surface area (Å²) in [6.45, 7) is 1.44. The van der Waals surface area contributed by atoms with Crippen molar-refractivity contribution < 1.29 is 49.3 Å². The molecule has 2 aromatic carbocycles. The van der Waals surface area contributed by atoms with Gasteiger partial charge in [-0.1, -0.05) is 0 Å². The number of methoxy groups -OCH3 is 1. The van der Waals surface area contributed by atoms with Crippen LogP contribution >= 0.6 is 0 Å². The van der Waals surface area contributed by atoms with Crippen LogP contribution in [0.1, 0.15) is 6.92 Å². The van der Waals surface area contributed by atoms with E-state index in [0.717, 1.165) is 12.1 Å². The van der Waals surface area contributed by atoms with E-state index in [2.05, 4.69) is 0 Å². The molecule has 1 fully saturated rings. The topological polar surface area (TPSA) is 179 Å². The number of hydrogen-bond donors (Lipinski definition) is 6. The largest absolute Gasteiger partial charge is 0.508 e. The number of hydrogen-bond acceptors (Lipinski definition) is 11. The van der Waals surface area contributed by atoms with Gasteiger partial charge in [0.15, 0.2) is 17.3 Å². The first-order chi connectivity index (χ1) is 15.6. The number of aliphatic hydroxyl groups is 3. The maximum atomic E-state index is 13.3. The first-order valence-electron chi connectivity index (χ1n) is 9.88. The summed E-state index contributed by atoms with van der Waals surface area (Å²) < 4.78 is 21.9. The molecule has 0 saturated carbocycles. The average molecular weight is 462 g/mol. The van der Waals surface area contributed by atoms with Gasteiger partial charge in [0.2, 0.25) is 17.5 Å². The quantitative estimate of drug-likeness (QED) is 0.323. The van der Waals surface area contributed by atoms with Gasteiger partial charge in [-0.2, -0.15) is 0 Å². The summed E-state index contributed by atoms with van der Waals surface area (Å²) in [5.74, 6) is -1.74. The molecule has 0 bridgehead atoms. The Hall–Kier alpha value is -3.51. The molecule has 0 amide bonds. The van der Waals surface area contributed by atoms with E-state index >= 15 is 0 Å². The third-order valence-corrected chi connectivity index (χ3v) is 5.40. The highest BCUT2D eigenvalue weighted by Gasteiger charge is 2.44. The van der Waals surface area contributed by atoms with Gasteiger partial charge in [0.05, 0.1) is 13.2 Å². The zero-order valence-electron chi connectivity index (χ0n) is 17.5. The van der Waals surface area contributed by atoms with Crippen LogP contribution in [0.5, 0.6) is 28.7 Å². The minimum atomic E-state index is -1.72. The normalized spacial score (nSPS) is 25.2. The van der Waals surface area contributed by atoms with Crippen LogP contribution in [0.15, 0.2) is 39.5 Å². The Morgan fingerprint density at radius 2 is 1.67 bits per heavy atom. The first-order valence-corrected chi connectivity index (χ1v) is 9.88. The highest BCUT2D eigenvalue weighted by atomic mass is 16.7.